The second kappa shape index (κ2) is 4.51. The van der Waals surface area contributed by atoms with E-state index in [4.69, 9.17) is 4.42 Å². The Bertz CT molecular complexity index is 779. The number of fused-ring (bicyclic) bond motifs is 1. The predicted molar refractivity (Wildman–Crippen MR) is 76.0 cm³/mol. The molecule has 0 N–H and O–H groups in total. The average Bonchev–Trinajstić information content (AvgIpc) is 2.82. The van der Waals surface area contributed by atoms with Crippen molar-refractivity contribution in [1.29, 1.82) is 0 Å². The van der Waals surface area contributed by atoms with Crippen molar-refractivity contribution < 1.29 is 9.34 Å². The van der Waals surface area contributed by atoms with Crippen molar-refractivity contribution in [3.63, 3.8) is 0 Å². The highest BCUT2D eigenvalue weighted by molar-refractivity contribution is 9.10. The van der Waals surface area contributed by atoms with Crippen LogP contribution >= 0.6 is 15.9 Å². The lowest BCUT2D eigenvalue weighted by Crippen LogP contribution is -1.91. The SMILES string of the molecule is O=[N+]([O-])c1ccc(Br)cc1-c1coc2ccccc12. The lowest BCUT2D eigenvalue weighted by Gasteiger charge is -2.02. The summed E-state index contributed by atoms with van der Waals surface area (Å²) in [6, 6.07) is 12.3. The van der Waals surface area contributed by atoms with E-state index in [9.17, 15) is 10.1 Å². The average molecular weight is 318 g/mol. The summed E-state index contributed by atoms with van der Waals surface area (Å²) in [5, 5.41) is 12.0. The lowest BCUT2D eigenvalue weighted by atomic mass is 10.0. The predicted octanol–water partition coefficient (Wildman–Crippen LogP) is 4.77. The van der Waals surface area contributed by atoms with Crippen molar-refractivity contribution in [1.82, 2.24) is 0 Å². The van der Waals surface area contributed by atoms with Crippen molar-refractivity contribution >= 4 is 32.6 Å². The van der Waals surface area contributed by atoms with Gasteiger partial charge in [0.1, 0.15) is 5.58 Å². The molecule has 0 aliphatic carbocycles. The quantitative estimate of drug-likeness (QED) is 0.505. The fourth-order valence-corrected chi connectivity index (χ4v) is 2.43. The zero-order chi connectivity index (χ0) is 13.4. The molecular formula is C14H8BrNO3. The maximum atomic E-state index is 11.1. The molecule has 0 radical (unpaired) electrons. The minimum absolute atomic E-state index is 0.0646. The van der Waals surface area contributed by atoms with Crippen molar-refractivity contribution in [2.45, 2.75) is 0 Å². The highest BCUT2D eigenvalue weighted by Gasteiger charge is 2.19. The summed E-state index contributed by atoms with van der Waals surface area (Å²) in [6.07, 6.45) is 1.56. The standard InChI is InChI=1S/C14H8BrNO3/c15-9-5-6-13(16(17)18)11(7-9)12-8-19-14-4-2-1-3-10(12)14/h1-8H. The summed E-state index contributed by atoms with van der Waals surface area (Å²) in [5.74, 6) is 0. The topological polar surface area (TPSA) is 56.3 Å². The van der Waals surface area contributed by atoms with E-state index in [1.807, 2.05) is 24.3 Å². The third kappa shape index (κ3) is 2.02. The van der Waals surface area contributed by atoms with Gasteiger partial charge in [0.2, 0.25) is 0 Å². The summed E-state index contributed by atoms with van der Waals surface area (Å²) >= 11 is 3.34. The van der Waals surface area contributed by atoms with Crippen LogP contribution < -0.4 is 0 Å². The number of hydrogen-bond donors (Lipinski definition) is 0. The summed E-state index contributed by atoms with van der Waals surface area (Å²) in [5.41, 5.74) is 2.05. The maximum absolute atomic E-state index is 11.1. The van der Waals surface area contributed by atoms with Crippen LogP contribution in [0.25, 0.3) is 22.1 Å². The minimum atomic E-state index is -0.385. The van der Waals surface area contributed by atoms with Gasteiger partial charge in [0, 0.05) is 21.5 Å². The molecule has 0 amide bonds. The molecule has 1 heterocycles. The summed E-state index contributed by atoms with van der Waals surface area (Å²) in [7, 11) is 0. The molecule has 0 aliphatic rings. The number of halogens is 1. The number of nitrogens with zero attached hydrogens (tertiary/aromatic N) is 1. The van der Waals surface area contributed by atoms with E-state index >= 15 is 0 Å². The molecule has 0 saturated heterocycles. The largest absolute Gasteiger partial charge is 0.464 e. The molecule has 0 atom stereocenters. The molecule has 0 saturated carbocycles. The van der Waals surface area contributed by atoms with Crippen LogP contribution in [-0.4, -0.2) is 4.92 Å². The van der Waals surface area contributed by atoms with Crippen LogP contribution in [0, 0.1) is 10.1 Å². The molecule has 0 unspecified atom stereocenters. The molecule has 3 aromatic rings. The Morgan fingerprint density at radius 1 is 1.11 bits per heavy atom. The molecule has 0 spiro atoms. The molecule has 0 aliphatic heterocycles. The van der Waals surface area contributed by atoms with Gasteiger partial charge < -0.3 is 4.42 Å². The number of furan rings is 1. The molecule has 5 heteroatoms. The first kappa shape index (κ1) is 11.9. The van der Waals surface area contributed by atoms with Crippen LogP contribution in [-0.2, 0) is 0 Å². The molecule has 94 valence electrons. The molecule has 19 heavy (non-hydrogen) atoms. The van der Waals surface area contributed by atoms with Crippen LogP contribution in [0.4, 0.5) is 5.69 Å². The Morgan fingerprint density at radius 2 is 1.89 bits per heavy atom. The number of benzene rings is 2. The Morgan fingerprint density at radius 3 is 2.68 bits per heavy atom. The number of para-hydroxylation sites is 1. The van der Waals surface area contributed by atoms with Crippen molar-refractivity contribution in [3.05, 3.63) is 63.3 Å². The maximum Gasteiger partial charge on any atom is 0.277 e. The fourth-order valence-electron chi connectivity index (χ4n) is 2.07. The Labute approximate surface area is 116 Å². The van der Waals surface area contributed by atoms with Gasteiger partial charge in [0.25, 0.3) is 5.69 Å². The zero-order valence-corrected chi connectivity index (χ0v) is 11.3. The zero-order valence-electron chi connectivity index (χ0n) is 9.67. The van der Waals surface area contributed by atoms with Crippen molar-refractivity contribution in [3.8, 4) is 11.1 Å². The van der Waals surface area contributed by atoms with Gasteiger partial charge in [0.05, 0.1) is 16.7 Å². The molecule has 0 bridgehead atoms. The molecule has 0 fully saturated rings. The van der Waals surface area contributed by atoms with Crippen LogP contribution in [0.1, 0.15) is 0 Å². The first-order valence-electron chi connectivity index (χ1n) is 5.57. The second-order valence-electron chi connectivity index (χ2n) is 4.06. The van der Waals surface area contributed by atoms with Gasteiger partial charge in [-0.1, -0.05) is 34.1 Å². The summed E-state index contributed by atoms with van der Waals surface area (Å²) in [4.78, 5) is 10.7. The number of hydrogen-bond acceptors (Lipinski definition) is 3. The molecular weight excluding hydrogens is 310 g/mol. The van der Waals surface area contributed by atoms with Crippen molar-refractivity contribution in [2.75, 3.05) is 0 Å². The van der Waals surface area contributed by atoms with Crippen LogP contribution in [0.2, 0.25) is 0 Å². The minimum Gasteiger partial charge on any atom is -0.464 e. The van der Waals surface area contributed by atoms with E-state index in [0.717, 1.165) is 15.4 Å². The normalized spacial score (nSPS) is 10.8. The monoisotopic (exact) mass is 317 g/mol. The van der Waals surface area contributed by atoms with Gasteiger partial charge in [-0.25, -0.2) is 0 Å². The summed E-state index contributed by atoms with van der Waals surface area (Å²) in [6.45, 7) is 0. The molecule has 1 aromatic heterocycles. The van der Waals surface area contributed by atoms with Crippen LogP contribution in [0.15, 0.2) is 57.6 Å². The number of nitro benzene ring substituents is 1. The molecule has 4 nitrogen and oxygen atoms in total. The number of rotatable bonds is 2. The first-order valence-corrected chi connectivity index (χ1v) is 6.36. The third-order valence-corrected chi connectivity index (χ3v) is 3.42. The van der Waals surface area contributed by atoms with E-state index in [1.54, 1.807) is 18.4 Å². The smallest absolute Gasteiger partial charge is 0.277 e. The van der Waals surface area contributed by atoms with E-state index in [-0.39, 0.29) is 10.6 Å². The highest BCUT2D eigenvalue weighted by Crippen LogP contribution is 2.37. The van der Waals surface area contributed by atoms with E-state index in [0.29, 0.717) is 11.1 Å². The highest BCUT2D eigenvalue weighted by atomic mass is 79.9. The van der Waals surface area contributed by atoms with Crippen LogP contribution in [0.5, 0.6) is 0 Å². The third-order valence-electron chi connectivity index (χ3n) is 2.93. The Hall–Kier alpha value is -2.14. The van der Waals surface area contributed by atoms with E-state index in [2.05, 4.69) is 15.9 Å². The van der Waals surface area contributed by atoms with E-state index in [1.165, 1.54) is 6.07 Å². The van der Waals surface area contributed by atoms with E-state index < -0.39 is 0 Å². The van der Waals surface area contributed by atoms with Gasteiger partial charge in [0.15, 0.2) is 0 Å². The van der Waals surface area contributed by atoms with Crippen LogP contribution in [0.3, 0.4) is 0 Å². The summed E-state index contributed by atoms with van der Waals surface area (Å²) < 4.78 is 6.23. The Kier molecular flexibility index (Phi) is 2.83. The lowest BCUT2D eigenvalue weighted by molar-refractivity contribution is -0.384. The van der Waals surface area contributed by atoms with Gasteiger partial charge in [-0.2, -0.15) is 0 Å². The van der Waals surface area contributed by atoms with Crippen molar-refractivity contribution in [2.24, 2.45) is 0 Å². The molecule has 2 aromatic carbocycles. The van der Waals surface area contributed by atoms with Gasteiger partial charge in [-0.3, -0.25) is 10.1 Å². The second-order valence-corrected chi connectivity index (χ2v) is 4.98. The first-order chi connectivity index (χ1) is 9.16. The van der Waals surface area contributed by atoms with Gasteiger partial charge in [-0.15, -0.1) is 0 Å². The molecule has 3 rings (SSSR count). The number of nitro groups is 1. The van der Waals surface area contributed by atoms with Gasteiger partial charge in [-0.05, 0) is 18.2 Å². The fraction of sp³-hybridized carbons (Fsp3) is 0. The Balaban J connectivity index is 2.32. The van der Waals surface area contributed by atoms with Gasteiger partial charge >= 0.3 is 0 Å².